The van der Waals surface area contributed by atoms with E-state index in [1.165, 1.54) is 10.9 Å². The Bertz CT molecular complexity index is 1350. The summed E-state index contributed by atoms with van der Waals surface area (Å²) in [6.07, 6.45) is 2.91. The molecule has 0 aliphatic heterocycles. The van der Waals surface area contributed by atoms with Gasteiger partial charge in [0, 0.05) is 0 Å². The normalized spacial score (nSPS) is 11.3. The van der Waals surface area contributed by atoms with Crippen LogP contribution in [0.2, 0.25) is 0 Å². The van der Waals surface area contributed by atoms with E-state index in [0.717, 1.165) is 33.3 Å². The third-order valence-corrected chi connectivity index (χ3v) is 6.49. The molecule has 0 radical (unpaired) electrons. The van der Waals surface area contributed by atoms with Crippen molar-refractivity contribution in [3.05, 3.63) is 95.9 Å². The second-order valence-electron chi connectivity index (χ2n) is 7.57. The average Bonchev–Trinajstić information content (AvgIpc) is 3.46. The van der Waals surface area contributed by atoms with Crippen LogP contribution in [0.25, 0.3) is 21.0 Å². The summed E-state index contributed by atoms with van der Waals surface area (Å²) in [7, 11) is 0. The van der Waals surface area contributed by atoms with E-state index in [4.69, 9.17) is 9.40 Å². The van der Waals surface area contributed by atoms with Crippen LogP contribution in [0.4, 0.5) is 5.13 Å². The first-order valence-corrected chi connectivity index (χ1v) is 11.2. The van der Waals surface area contributed by atoms with Crippen LogP contribution in [0.1, 0.15) is 23.8 Å². The van der Waals surface area contributed by atoms with E-state index in [1.54, 1.807) is 22.5 Å². The molecule has 0 fully saturated rings. The van der Waals surface area contributed by atoms with Gasteiger partial charge in [-0.25, -0.2) is 4.98 Å². The molecule has 5 rings (SSSR count). The van der Waals surface area contributed by atoms with Crippen molar-refractivity contribution in [2.75, 3.05) is 4.90 Å². The molecule has 0 saturated heterocycles. The lowest BCUT2D eigenvalue weighted by atomic mass is 10.0. The monoisotopic (exact) mass is 426 g/mol. The number of carbonyl (C=O) groups excluding carboxylic acids is 1. The maximum Gasteiger partial charge on any atom is 0.233 e. The highest BCUT2D eigenvalue weighted by Gasteiger charge is 2.22. The van der Waals surface area contributed by atoms with Crippen molar-refractivity contribution in [3.8, 4) is 0 Å². The van der Waals surface area contributed by atoms with Gasteiger partial charge in [-0.2, -0.15) is 0 Å². The Balaban J connectivity index is 1.48. The summed E-state index contributed by atoms with van der Waals surface area (Å²) in [6, 6.07) is 24.4. The zero-order valence-electron chi connectivity index (χ0n) is 17.2. The van der Waals surface area contributed by atoms with Gasteiger partial charge < -0.3 is 4.42 Å². The number of thiazole rings is 1. The Kier molecular flexibility index (Phi) is 5.26. The Labute approximate surface area is 184 Å². The number of furan rings is 1. The summed E-state index contributed by atoms with van der Waals surface area (Å²) in [5.41, 5.74) is 3.17. The number of hydrogen-bond donors (Lipinski definition) is 0. The lowest BCUT2D eigenvalue weighted by Gasteiger charge is -2.19. The highest BCUT2D eigenvalue weighted by molar-refractivity contribution is 7.22. The van der Waals surface area contributed by atoms with Gasteiger partial charge in [0.1, 0.15) is 5.76 Å². The summed E-state index contributed by atoms with van der Waals surface area (Å²) in [4.78, 5) is 19.9. The van der Waals surface area contributed by atoms with E-state index < -0.39 is 0 Å². The second kappa shape index (κ2) is 8.36. The van der Waals surface area contributed by atoms with E-state index in [9.17, 15) is 4.79 Å². The van der Waals surface area contributed by atoms with Crippen LogP contribution in [-0.2, 0) is 24.2 Å². The van der Waals surface area contributed by atoms with E-state index >= 15 is 0 Å². The molecular formula is C26H22N2O2S. The molecule has 0 atom stereocenters. The first kappa shape index (κ1) is 19.5. The van der Waals surface area contributed by atoms with E-state index in [0.29, 0.717) is 18.1 Å². The van der Waals surface area contributed by atoms with Gasteiger partial charge in [0.2, 0.25) is 5.91 Å². The molecule has 1 amide bonds. The molecule has 5 aromatic rings. The molecule has 0 aliphatic rings. The summed E-state index contributed by atoms with van der Waals surface area (Å²) < 4.78 is 6.63. The first-order chi connectivity index (χ1) is 15.2. The minimum atomic E-state index is 0.00134. The van der Waals surface area contributed by atoms with Crippen LogP contribution in [0.3, 0.4) is 0 Å². The highest BCUT2D eigenvalue weighted by atomic mass is 32.1. The van der Waals surface area contributed by atoms with Crippen molar-refractivity contribution in [2.24, 2.45) is 0 Å². The zero-order chi connectivity index (χ0) is 21.2. The molecule has 0 bridgehead atoms. The van der Waals surface area contributed by atoms with Crippen LogP contribution >= 0.6 is 11.3 Å². The molecule has 5 heteroatoms. The lowest BCUT2D eigenvalue weighted by molar-refractivity contribution is -0.118. The minimum absolute atomic E-state index is 0.00134. The van der Waals surface area contributed by atoms with Gasteiger partial charge in [-0.15, -0.1) is 0 Å². The van der Waals surface area contributed by atoms with Crippen molar-refractivity contribution in [1.82, 2.24) is 4.98 Å². The lowest BCUT2D eigenvalue weighted by Crippen LogP contribution is -2.31. The second-order valence-corrected chi connectivity index (χ2v) is 8.58. The molecule has 4 nitrogen and oxygen atoms in total. The molecule has 0 saturated carbocycles. The average molecular weight is 427 g/mol. The van der Waals surface area contributed by atoms with Crippen LogP contribution in [0, 0.1) is 0 Å². The van der Waals surface area contributed by atoms with Crippen LogP contribution < -0.4 is 4.90 Å². The van der Waals surface area contributed by atoms with E-state index in [1.807, 2.05) is 36.4 Å². The molecule has 3 aromatic carbocycles. The first-order valence-electron chi connectivity index (χ1n) is 10.4. The Hall–Kier alpha value is -3.44. The van der Waals surface area contributed by atoms with Gasteiger partial charge in [-0.1, -0.05) is 66.8 Å². The predicted octanol–water partition coefficient (Wildman–Crippen LogP) is 6.38. The van der Waals surface area contributed by atoms with Gasteiger partial charge in [-0.3, -0.25) is 9.69 Å². The van der Waals surface area contributed by atoms with Gasteiger partial charge in [0.25, 0.3) is 0 Å². The molecule has 154 valence electrons. The summed E-state index contributed by atoms with van der Waals surface area (Å²) in [5.74, 6) is 0.738. The van der Waals surface area contributed by atoms with Gasteiger partial charge >= 0.3 is 0 Å². The molecule has 2 aromatic heterocycles. The van der Waals surface area contributed by atoms with Crippen molar-refractivity contribution < 1.29 is 9.21 Å². The molecule has 0 spiro atoms. The Morgan fingerprint density at radius 1 is 0.968 bits per heavy atom. The number of benzene rings is 3. The minimum Gasteiger partial charge on any atom is -0.467 e. The molecule has 2 heterocycles. The number of amides is 1. The van der Waals surface area contributed by atoms with Crippen LogP contribution in [0.15, 0.2) is 83.5 Å². The van der Waals surface area contributed by atoms with Gasteiger partial charge in [-0.05, 0) is 52.6 Å². The molecule has 0 aliphatic carbocycles. The standard InChI is InChI=1S/C26H22N2O2S/c1-2-18-10-12-23-24(15-18)31-26(27-23)28(17-22-8-5-13-30-22)25(29)16-19-9-11-20-6-3-4-7-21(20)14-19/h3-15H,2,16-17H2,1H3. The number of rotatable bonds is 6. The number of aromatic nitrogens is 1. The molecular weight excluding hydrogens is 404 g/mol. The molecule has 31 heavy (non-hydrogen) atoms. The number of nitrogens with zero attached hydrogens (tertiary/aromatic N) is 2. The van der Waals surface area contributed by atoms with E-state index in [-0.39, 0.29) is 5.91 Å². The number of hydrogen-bond acceptors (Lipinski definition) is 4. The Morgan fingerprint density at radius 2 is 1.81 bits per heavy atom. The fourth-order valence-electron chi connectivity index (χ4n) is 3.73. The van der Waals surface area contributed by atoms with Gasteiger partial charge in [0.05, 0.1) is 29.4 Å². The third kappa shape index (κ3) is 4.09. The van der Waals surface area contributed by atoms with Crippen molar-refractivity contribution >= 4 is 43.4 Å². The third-order valence-electron chi connectivity index (χ3n) is 5.45. The topological polar surface area (TPSA) is 46.3 Å². The molecule has 0 N–H and O–H groups in total. The van der Waals surface area contributed by atoms with E-state index in [2.05, 4.69) is 43.3 Å². The molecule has 0 unspecified atom stereocenters. The van der Waals surface area contributed by atoms with Crippen molar-refractivity contribution in [2.45, 2.75) is 26.3 Å². The SMILES string of the molecule is CCc1ccc2nc(N(Cc3ccco3)C(=O)Cc3ccc4ccccc4c3)sc2c1. The quantitative estimate of drug-likeness (QED) is 0.316. The number of anilines is 1. The fourth-order valence-corrected chi connectivity index (χ4v) is 4.78. The van der Waals surface area contributed by atoms with Crippen molar-refractivity contribution in [3.63, 3.8) is 0 Å². The van der Waals surface area contributed by atoms with Crippen LogP contribution in [-0.4, -0.2) is 10.9 Å². The Morgan fingerprint density at radius 3 is 2.61 bits per heavy atom. The maximum atomic E-state index is 13.4. The smallest absolute Gasteiger partial charge is 0.233 e. The van der Waals surface area contributed by atoms with Crippen LogP contribution in [0.5, 0.6) is 0 Å². The zero-order valence-corrected chi connectivity index (χ0v) is 18.1. The number of carbonyl (C=O) groups is 1. The highest BCUT2D eigenvalue weighted by Crippen LogP contribution is 2.31. The fraction of sp³-hybridized carbons (Fsp3) is 0.154. The largest absolute Gasteiger partial charge is 0.467 e. The summed E-state index contributed by atoms with van der Waals surface area (Å²) >= 11 is 1.55. The number of aryl methyl sites for hydroxylation is 1. The van der Waals surface area contributed by atoms with Gasteiger partial charge in [0.15, 0.2) is 5.13 Å². The van der Waals surface area contributed by atoms with Crippen molar-refractivity contribution in [1.29, 1.82) is 0 Å². The maximum absolute atomic E-state index is 13.4. The summed E-state index contributed by atoms with van der Waals surface area (Å²) in [5, 5.41) is 3.01. The summed E-state index contributed by atoms with van der Waals surface area (Å²) in [6.45, 7) is 2.50. The predicted molar refractivity (Wildman–Crippen MR) is 127 cm³/mol. The number of fused-ring (bicyclic) bond motifs is 2.